The minimum Gasteiger partial charge on any atom is -0.484 e. The second-order valence-electron chi connectivity index (χ2n) is 5.66. The molecule has 0 spiro atoms. The van der Waals surface area contributed by atoms with Crippen LogP contribution < -0.4 is 10.1 Å². The van der Waals surface area contributed by atoms with Crippen LogP contribution in [0.15, 0.2) is 34.9 Å². The van der Waals surface area contributed by atoms with Crippen LogP contribution in [0.5, 0.6) is 5.75 Å². The number of hydrogen-bond donors (Lipinski definition) is 1. The summed E-state index contributed by atoms with van der Waals surface area (Å²) in [6.45, 7) is 1.67. The molecular weight excluding hydrogens is 316 g/mol. The topological polar surface area (TPSA) is 54.7 Å². The van der Waals surface area contributed by atoms with Crippen molar-refractivity contribution in [3.8, 4) is 5.75 Å². The van der Waals surface area contributed by atoms with Crippen LogP contribution in [0.2, 0.25) is 5.02 Å². The molecule has 0 fully saturated rings. The van der Waals surface area contributed by atoms with Crippen molar-refractivity contribution in [1.29, 1.82) is 0 Å². The molecule has 1 aliphatic heterocycles. The van der Waals surface area contributed by atoms with Crippen molar-refractivity contribution < 1.29 is 13.9 Å². The van der Waals surface area contributed by atoms with Gasteiger partial charge in [0.15, 0.2) is 0 Å². The van der Waals surface area contributed by atoms with E-state index in [0.29, 0.717) is 16.3 Å². The molecule has 1 aliphatic rings. The Labute approximate surface area is 140 Å². The van der Waals surface area contributed by atoms with Crippen molar-refractivity contribution in [3.63, 3.8) is 0 Å². The van der Waals surface area contributed by atoms with Crippen molar-refractivity contribution in [2.75, 3.05) is 20.6 Å². The van der Waals surface area contributed by atoms with Gasteiger partial charge in [0.05, 0.1) is 17.8 Å². The average molecular weight is 335 g/mol. The fourth-order valence-corrected chi connectivity index (χ4v) is 2.97. The molecule has 0 saturated carbocycles. The summed E-state index contributed by atoms with van der Waals surface area (Å²) in [5.74, 6) is 1.32. The third kappa shape index (κ3) is 3.35. The third-order valence-corrected chi connectivity index (χ3v) is 4.30. The average Bonchev–Trinajstić information content (AvgIpc) is 2.94. The van der Waals surface area contributed by atoms with E-state index in [9.17, 15) is 4.79 Å². The number of benzene rings is 1. The molecule has 1 unspecified atom stereocenters. The predicted octanol–water partition coefficient (Wildman–Crippen LogP) is 3.25. The number of carbonyl (C=O) groups is 1. The van der Waals surface area contributed by atoms with Crippen molar-refractivity contribution in [2.24, 2.45) is 0 Å². The van der Waals surface area contributed by atoms with Crippen LogP contribution in [0.3, 0.4) is 0 Å². The summed E-state index contributed by atoms with van der Waals surface area (Å²) in [6, 6.07) is 7.02. The number of halogens is 1. The van der Waals surface area contributed by atoms with Gasteiger partial charge in [0.1, 0.15) is 17.6 Å². The highest BCUT2D eigenvalue weighted by atomic mass is 35.5. The Bertz CT molecular complexity index is 714. The lowest BCUT2D eigenvalue weighted by Gasteiger charge is -2.19. The van der Waals surface area contributed by atoms with Crippen molar-refractivity contribution >= 4 is 17.5 Å². The smallest absolute Gasteiger partial charge is 0.251 e. The molecule has 1 aromatic heterocycles. The van der Waals surface area contributed by atoms with Crippen LogP contribution in [0.4, 0.5) is 0 Å². The molecule has 1 atom stereocenters. The molecule has 122 valence electrons. The zero-order valence-corrected chi connectivity index (χ0v) is 13.9. The van der Waals surface area contributed by atoms with Crippen molar-refractivity contribution in [2.45, 2.75) is 19.1 Å². The first kappa shape index (κ1) is 15.9. The molecule has 5 nitrogen and oxygen atoms in total. The number of furan rings is 1. The van der Waals surface area contributed by atoms with E-state index in [4.69, 9.17) is 20.8 Å². The summed E-state index contributed by atoms with van der Waals surface area (Å²) in [5, 5.41) is 3.00. The summed E-state index contributed by atoms with van der Waals surface area (Å²) in [5.41, 5.74) is 1.57. The Morgan fingerprint density at radius 2 is 2.26 bits per heavy atom. The second-order valence-corrected chi connectivity index (χ2v) is 6.06. The molecule has 0 bridgehead atoms. The number of ether oxygens (including phenoxy) is 1. The summed E-state index contributed by atoms with van der Waals surface area (Å²) in [6.07, 6.45) is 2.42. The predicted molar refractivity (Wildman–Crippen MR) is 87.9 cm³/mol. The molecule has 2 aromatic rings. The SMILES string of the molecule is CNC(=O)c1ccc(OC2CCN(C)Cc3occc32)c(Cl)c1. The molecule has 23 heavy (non-hydrogen) atoms. The number of amides is 1. The molecule has 0 radical (unpaired) electrons. The fourth-order valence-electron chi connectivity index (χ4n) is 2.74. The Balaban J connectivity index is 1.84. The molecular formula is C17H19ClN2O3. The fraction of sp³-hybridized carbons (Fsp3) is 0.353. The number of nitrogens with one attached hydrogen (secondary N) is 1. The van der Waals surface area contributed by atoms with Crippen LogP contribution in [-0.2, 0) is 6.54 Å². The standard InChI is InChI=1S/C17H19ClN2O3/c1-19-17(21)11-3-4-15(13(18)9-11)23-14-5-7-20(2)10-16-12(14)6-8-22-16/h3-4,6,8-9,14H,5,7,10H2,1-2H3,(H,19,21). The molecule has 3 rings (SSSR count). The van der Waals surface area contributed by atoms with E-state index in [2.05, 4.69) is 17.3 Å². The maximum Gasteiger partial charge on any atom is 0.251 e. The van der Waals surface area contributed by atoms with Crippen LogP contribution in [-0.4, -0.2) is 31.4 Å². The van der Waals surface area contributed by atoms with Crippen LogP contribution >= 0.6 is 11.6 Å². The first-order chi connectivity index (χ1) is 11.1. The van der Waals surface area contributed by atoms with E-state index >= 15 is 0 Å². The maximum atomic E-state index is 11.6. The quantitative estimate of drug-likeness (QED) is 0.936. The lowest BCUT2D eigenvalue weighted by atomic mass is 10.1. The summed E-state index contributed by atoms with van der Waals surface area (Å²) in [7, 11) is 3.64. The number of fused-ring (bicyclic) bond motifs is 1. The Hall–Kier alpha value is -1.98. The maximum absolute atomic E-state index is 11.6. The van der Waals surface area contributed by atoms with Gasteiger partial charge in [0, 0.05) is 31.1 Å². The van der Waals surface area contributed by atoms with Gasteiger partial charge in [-0.3, -0.25) is 9.69 Å². The lowest BCUT2D eigenvalue weighted by Crippen LogP contribution is -2.18. The molecule has 0 aliphatic carbocycles. The molecule has 0 saturated heterocycles. The normalized spacial score (nSPS) is 18.1. The van der Waals surface area contributed by atoms with E-state index in [0.717, 1.165) is 30.8 Å². The number of rotatable bonds is 3. The first-order valence-corrected chi connectivity index (χ1v) is 7.89. The largest absolute Gasteiger partial charge is 0.484 e. The molecule has 1 aromatic carbocycles. The van der Waals surface area contributed by atoms with Crippen LogP contribution in [0.1, 0.15) is 34.2 Å². The number of hydrogen-bond acceptors (Lipinski definition) is 4. The molecule has 1 N–H and O–H groups in total. The van der Waals surface area contributed by atoms with Crippen LogP contribution in [0, 0.1) is 0 Å². The third-order valence-electron chi connectivity index (χ3n) is 4.00. The van der Waals surface area contributed by atoms with Gasteiger partial charge in [-0.2, -0.15) is 0 Å². The molecule has 1 amide bonds. The van der Waals surface area contributed by atoms with Gasteiger partial charge < -0.3 is 14.5 Å². The highest BCUT2D eigenvalue weighted by Crippen LogP contribution is 2.34. The highest BCUT2D eigenvalue weighted by Gasteiger charge is 2.25. The van der Waals surface area contributed by atoms with Gasteiger partial charge in [0.25, 0.3) is 5.91 Å². The lowest BCUT2D eigenvalue weighted by molar-refractivity contribution is 0.0963. The Morgan fingerprint density at radius 3 is 3.00 bits per heavy atom. The van der Waals surface area contributed by atoms with E-state index in [-0.39, 0.29) is 12.0 Å². The zero-order valence-electron chi connectivity index (χ0n) is 13.1. The number of carbonyl (C=O) groups excluding carboxylic acids is 1. The summed E-state index contributed by atoms with van der Waals surface area (Å²) < 4.78 is 11.7. The minimum atomic E-state index is -0.174. The van der Waals surface area contributed by atoms with Crippen molar-refractivity contribution in [3.05, 3.63) is 52.4 Å². The van der Waals surface area contributed by atoms with Gasteiger partial charge in [-0.25, -0.2) is 0 Å². The van der Waals surface area contributed by atoms with Gasteiger partial charge in [0.2, 0.25) is 0 Å². The Kier molecular flexibility index (Phi) is 4.59. The van der Waals surface area contributed by atoms with E-state index < -0.39 is 0 Å². The van der Waals surface area contributed by atoms with Crippen molar-refractivity contribution in [1.82, 2.24) is 10.2 Å². The van der Waals surface area contributed by atoms with Gasteiger partial charge in [-0.15, -0.1) is 0 Å². The second kappa shape index (κ2) is 6.64. The first-order valence-electron chi connectivity index (χ1n) is 7.51. The van der Waals surface area contributed by atoms with E-state index in [1.54, 1.807) is 31.5 Å². The van der Waals surface area contributed by atoms with Crippen LogP contribution in [0.25, 0.3) is 0 Å². The molecule has 2 heterocycles. The van der Waals surface area contributed by atoms with Gasteiger partial charge in [-0.05, 0) is 31.3 Å². The summed E-state index contributed by atoms with van der Waals surface area (Å²) >= 11 is 6.28. The zero-order chi connectivity index (χ0) is 16.4. The summed E-state index contributed by atoms with van der Waals surface area (Å²) in [4.78, 5) is 13.8. The monoisotopic (exact) mass is 334 g/mol. The highest BCUT2D eigenvalue weighted by molar-refractivity contribution is 6.32. The minimum absolute atomic E-state index is 0.114. The number of nitrogens with zero attached hydrogens (tertiary/aromatic N) is 1. The molecule has 6 heteroatoms. The van der Waals surface area contributed by atoms with E-state index in [1.165, 1.54) is 0 Å². The Morgan fingerprint density at radius 1 is 1.43 bits per heavy atom. The van der Waals surface area contributed by atoms with Gasteiger partial charge in [-0.1, -0.05) is 11.6 Å². The van der Waals surface area contributed by atoms with E-state index in [1.807, 2.05) is 6.07 Å². The van der Waals surface area contributed by atoms with Gasteiger partial charge >= 0.3 is 0 Å².